The number of hydrogen-bond acceptors (Lipinski definition) is 0. The van der Waals surface area contributed by atoms with Crippen LogP contribution in [0.15, 0.2) is 0 Å². The smallest absolute Gasteiger partial charge is 0.0268 e. The van der Waals surface area contributed by atoms with Crippen LogP contribution in [0.25, 0.3) is 0 Å². The first-order valence-corrected chi connectivity index (χ1v) is 6.61. The zero-order valence-electron chi connectivity index (χ0n) is 8.48. The molecule has 0 amide bonds. The monoisotopic (exact) mass is 242 g/mol. The number of rotatable bonds is 1. The highest BCUT2D eigenvalue weighted by Crippen LogP contribution is 2.65. The lowest BCUT2D eigenvalue weighted by Crippen LogP contribution is -2.52. The van der Waals surface area contributed by atoms with Crippen LogP contribution in [0.3, 0.4) is 0 Å². The maximum absolute atomic E-state index is 4.03. The molecule has 13 heavy (non-hydrogen) atoms. The summed E-state index contributed by atoms with van der Waals surface area (Å²) in [6, 6.07) is 0. The van der Waals surface area contributed by atoms with Crippen LogP contribution in [0.4, 0.5) is 0 Å². The third kappa shape index (κ3) is 1.22. The molecular weight excluding hydrogens is 224 g/mol. The van der Waals surface area contributed by atoms with E-state index >= 15 is 0 Å². The van der Waals surface area contributed by atoms with Crippen LogP contribution >= 0.6 is 15.9 Å². The van der Waals surface area contributed by atoms with Crippen molar-refractivity contribution in [3.05, 3.63) is 0 Å². The number of alkyl halides is 1. The topological polar surface area (TPSA) is 0 Å². The van der Waals surface area contributed by atoms with E-state index in [0.29, 0.717) is 4.32 Å². The molecule has 4 aliphatic rings. The van der Waals surface area contributed by atoms with Crippen molar-refractivity contribution in [2.75, 3.05) is 0 Å². The van der Waals surface area contributed by atoms with Crippen molar-refractivity contribution in [2.24, 2.45) is 17.3 Å². The van der Waals surface area contributed by atoms with Crippen LogP contribution in [0.1, 0.15) is 51.9 Å². The molecule has 0 aliphatic heterocycles. The van der Waals surface area contributed by atoms with Gasteiger partial charge in [0.1, 0.15) is 0 Å². The number of hydrogen-bond donors (Lipinski definition) is 0. The van der Waals surface area contributed by atoms with E-state index in [4.69, 9.17) is 0 Å². The number of halogens is 1. The molecule has 0 radical (unpaired) electrons. The Morgan fingerprint density at radius 2 is 1.77 bits per heavy atom. The van der Waals surface area contributed by atoms with Gasteiger partial charge >= 0.3 is 0 Å². The normalized spacial score (nSPS) is 58.6. The van der Waals surface area contributed by atoms with E-state index in [1.165, 1.54) is 25.7 Å². The molecule has 4 saturated carbocycles. The van der Waals surface area contributed by atoms with E-state index in [0.717, 1.165) is 17.3 Å². The Hall–Kier alpha value is 0.480. The summed E-state index contributed by atoms with van der Waals surface area (Å²) in [5, 5.41) is 0. The minimum absolute atomic E-state index is 0.576. The van der Waals surface area contributed by atoms with Crippen molar-refractivity contribution in [3.8, 4) is 0 Å². The first kappa shape index (κ1) is 8.76. The van der Waals surface area contributed by atoms with Gasteiger partial charge in [-0.3, -0.25) is 0 Å². The van der Waals surface area contributed by atoms with Gasteiger partial charge in [-0.25, -0.2) is 0 Å². The molecule has 4 bridgehead atoms. The van der Waals surface area contributed by atoms with Crippen LogP contribution in [0.2, 0.25) is 0 Å². The molecule has 74 valence electrons. The van der Waals surface area contributed by atoms with Crippen LogP contribution in [-0.2, 0) is 0 Å². The predicted molar refractivity (Wildman–Crippen MR) is 59.1 cm³/mol. The lowest BCUT2D eigenvalue weighted by atomic mass is 9.49. The summed E-state index contributed by atoms with van der Waals surface area (Å²) in [5.41, 5.74) is 0.758. The summed E-state index contributed by atoms with van der Waals surface area (Å²) < 4.78 is 0.576. The van der Waals surface area contributed by atoms with Crippen LogP contribution in [0.5, 0.6) is 0 Å². The standard InChI is InChI=1S/C12H19Br/c1-2-11-4-9-3-10(5-11)7-12(13,6-9)8-11/h9-10H,2-8H2,1H3/t9-,10-,11?,12?/m1/s1. The van der Waals surface area contributed by atoms with E-state index in [9.17, 15) is 0 Å². The molecule has 0 heterocycles. The van der Waals surface area contributed by atoms with E-state index in [2.05, 4.69) is 22.9 Å². The van der Waals surface area contributed by atoms with Crippen molar-refractivity contribution in [2.45, 2.75) is 56.2 Å². The van der Waals surface area contributed by atoms with Crippen molar-refractivity contribution in [1.82, 2.24) is 0 Å². The molecule has 0 aromatic heterocycles. The van der Waals surface area contributed by atoms with Crippen molar-refractivity contribution >= 4 is 15.9 Å². The Kier molecular flexibility index (Phi) is 1.71. The molecule has 4 fully saturated rings. The summed E-state index contributed by atoms with van der Waals surface area (Å²) in [6.45, 7) is 2.41. The first-order valence-electron chi connectivity index (χ1n) is 5.82. The first-order chi connectivity index (χ1) is 6.13. The largest absolute Gasteiger partial charge is 0.0853 e. The fourth-order valence-electron chi connectivity index (χ4n) is 4.75. The van der Waals surface area contributed by atoms with Gasteiger partial charge in [0.15, 0.2) is 0 Å². The Labute approximate surface area is 89.6 Å². The maximum Gasteiger partial charge on any atom is 0.0268 e. The van der Waals surface area contributed by atoms with Crippen molar-refractivity contribution < 1.29 is 0 Å². The molecule has 2 atom stereocenters. The lowest BCUT2D eigenvalue weighted by Gasteiger charge is -2.60. The van der Waals surface area contributed by atoms with Gasteiger partial charge in [0.25, 0.3) is 0 Å². The highest BCUT2D eigenvalue weighted by molar-refractivity contribution is 9.10. The zero-order chi connectivity index (χ0) is 9.10. The second-order valence-electron chi connectivity index (χ2n) is 5.97. The van der Waals surface area contributed by atoms with E-state index < -0.39 is 0 Å². The second-order valence-corrected chi connectivity index (χ2v) is 7.65. The molecule has 1 heteroatoms. The van der Waals surface area contributed by atoms with E-state index in [1.54, 1.807) is 19.3 Å². The van der Waals surface area contributed by atoms with Crippen molar-refractivity contribution in [3.63, 3.8) is 0 Å². The summed E-state index contributed by atoms with van der Waals surface area (Å²) in [7, 11) is 0. The fraction of sp³-hybridized carbons (Fsp3) is 1.00. The molecule has 4 aliphatic carbocycles. The Balaban J connectivity index is 1.95. The summed E-state index contributed by atoms with van der Waals surface area (Å²) in [6.07, 6.45) is 10.5. The molecule has 4 rings (SSSR count). The van der Waals surface area contributed by atoms with E-state index in [-0.39, 0.29) is 0 Å². The second kappa shape index (κ2) is 2.53. The van der Waals surface area contributed by atoms with Gasteiger partial charge in [-0.2, -0.15) is 0 Å². The molecule has 0 N–H and O–H groups in total. The Morgan fingerprint density at radius 3 is 2.23 bits per heavy atom. The van der Waals surface area contributed by atoms with Crippen LogP contribution < -0.4 is 0 Å². The van der Waals surface area contributed by atoms with Gasteiger partial charge < -0.3 is 0 Å². The minimum Gasteiger partial charge on any atom is -0.0853 e. The SMILES string of the molecule is CCC12C[C@H]3C[C@@H](CC(Br)(C3)C1)C2. The third-order valence-electron chi connectivity index (χ3n) is 4.86. The molecule has 0 spiro atoms. The summed E-state index contributed by atoms with van der Waals surface area (Å²) >= 11 is 4.03. The predicted octanol–water partition coefficient (Wildman–Crippen LogP) is 4.13. The van der Waals surface area contributed by atoms with E-state index in [1.807, 2.05) is 0 Å². The molecule has 0 aromatic rings. The molecule has 0 nitrogen and oxygen atoms in total. The van der Waals surface area contributed by atoms with Crippen molar-refractivity contribution in [1.29, 1.82) is 0 Å². The van der Waals surface area contributed by atoms with Gasteiger partial charge in [-0.15, -0.1) is 0 Å². The van der Waals surface area contributed by atoms with Gasteiger partial charge in [-0.05, 0) is 55.8 Å². The average Bonchev–Trinajstić information content (AvgIpc) is 1.99. The molecular formula is C12H19Br. The van der Waals surface area contributed by atoms with Crippen LogP contribution in [-0.4, -0.2) is 4.32 Å². The highest BCUT2D eigenvalue weighted by atomic mass is 79.9. The maximum atomic E-state index is 4.03. The Bertz CT molecular complexity index is 219. The summed E-state index contributed by atoms with van der Waals surface area (Å²) in [4.78, 5) is 0. The fourth-order valence-corrected chi connectivity index (χ4v) is 6.26. The summed E-state index contributed by atoms with van der Waals surface area (Å²) in [5.74, 6) is 2.14. The third-order valence-corrected chi connectivity index (χ3v) is 5.79. The quantitative estimate of drug-likeness (QED) is 0.607. The van der Waals surface area contributed by atoms with Gasteiger partial charge in [0.05, 0.1) is 0 Å². The zero-order valence-corrected chi connectivity index (χ0v) is 10.1. The van der Waals surface area contributed by atoms with Crippen LogP contribution in [0, 0.1) is 17.3 Å². The van der Waals surface area contributed by atoms with Gasteiger partial charge in [-0.1, -0.05) is 29.3 Å². The Morgan fingerprint density at radius 1 is 1.15 bits per heavy atom. The molecule has 0 aromatic carbocycles. The lowest BCUT2D eigenvalue weighted by molar-refractivity contribution is -0.0370. The van der Waals surface area contributed by atoms with Gasteiger partial charge in [0, 0.05) is 4.32 Å². The molecule has 0 unspecified atom stereocenters. The average molecular weight is 243 g/mol. The minimum atomic E-state index is 0.576. The molecule has 0 saturated heterocycles. The van der Waals surface area contributed by atoms with Gasteiger partial charge in [0.2, 0.25) is 0 Å². The highest BCUT2D eigenvalue weighted by Gasteiger charge is 2.55.